The Hall–Kier alpha value is -0.770. The molecule has 2 rings (SSSR count). The van der Waals surface area contributed by atoms with Crippen molar-refractivity contribution in [1.29, 1.82) is 0 Å². The lowest BCUT2D eigenvalue weighted by molar-refractivity contribution is 0.115. The van der Waals surface area contributed by atoms with E-state index in [1.165, 1.54) is 17.7 Å². The summed E-state index contributed by atoms with van der Waals surface area (Å²) in [5, 5.41) is 4.29. The fourth-order valence-electron chi connectivity index (χ4n) is 2.73. The summed E-state index contributed by atoms with van der Waals surface area (Å²) in [6, 6.07) is 6.66. The predicted molar refractivity (Wildman–Crippen MR) is 90.3 cm³/mol. The highest BCUT2D eigenvalue weighted by molar-refractivity contribution is 6.30. The van der Waals surface area contributed by atoms with Crippen molar-refractivity contribution in [2.45, 2.75) is 52.3 Å². The topological polar surface area (TPSA) is 24.5 Å². The Bertz CT molecular complexity index is 444. The minimum Gasteiger partial charge on any atom is -0.376 e. The summed E-state index contributed by atoms with van der Waals surface area (Å²) in [6.45, 7) is 10.2. The average molecular weight is 311 g/mol. The van der Waals surface area contributed by atoms with Crippen LogP contribution in [-0.2, 0) is 11.3 Å². The van der Waals surface area contributed by atoms with Crippen molar-refractivity contribution in [2.24, 2.45) is 0 Å². The van der Waals surface area contributed by atoms with Crippen LogP contribution in [0.3, 0.4) is 0 Å². The maximum atomic E-state index is 6.22. The molecule has 1 heterocycles. The highest BCUT2D eigenvalue weighted by atomic mass is 35.5. The number of hydrogen-bond donors (Lipinski definition) is 1. The molecule has 0 aromatic heterocycles. The van der Waals surface area contributed by atoms with Crippen LogP contribution in [0.2, 0.25) is 5.02 Å². The summed E-state index contributed by atoms with van der Waals surface area (Å²) in [5.41, 5.74) is 2.53. The number of halogens is 1. The third kappa shape index (κ3) is 4.87. The molecule has 1 unspecified atom stereocenters. The Morgan fingerprint density at radius 2 is 2.24 bits per heavy atom. The minimum absolute atomic E-state index is 0.356. The lowest BCUT2D eigenvalue weighted by atomic mass is 10.1. The first kappa shape index (κ1) is 16.6. The molecule has 1 N–H and O–H groups in total. The molecule has 1 aliphatic rings. The molecule has 0 spiro atoms. The van der Waals surface area contributed by atoms with Crippen molar-refractivity contribution < 1.29 is 4.74 Å². The normalized spacial score (nSPS) is 18.4. The van der Waals surface area contributed by atoms with Gasteiger partial charge in [-0.3, -0.25) is 0 Å². The quantitative estimate of drug-likeness (QED) is 0.828. The molecular weight excluding hydrogens is 284 g/mol. The van der Waals surface area contributed by atoms with Gasteiger partial charge in [0.25, 0.3) is 0 Å². The number of nitrogens with zero attached hydrogens (tertiary/aromatic N) is 1. The molecule has 1 fully saturated rings. The zero-order valence-electron chi connectivity index (χ0n) is 13.4. The van der Waals surface area contributed by atoms with Crippen molar-refractivity contribution in [3.8, 4) is 0 Å². The van der Waals surface area contributed by atoms with Crippen LogP contribution in [0.15, 0.2) is 18.2 Å². The molecule has 1 atom stereocenters. The standard InChI is InChI=1S/C17H27ClN2O/c1-4-20(12-16-6-5-9-21-16)17-10-15(18)8-7-14(17)11-19-13(2)3/h7-8,10,13,16,19H,4-6,9,11-12H2,1-3H3. The van der Waals surface area contributed by atoms with Crippen LogP contribution in [0.1, 0.15) is 39.2 Å². The Morgan fingerprint density at radius 1 is 1.43 bits per heavy atom. The van der Waals surface area contributed by atoms with Gasteiger partial charge in [0.1, 0.15) is 0 Å². The van der Waals surface area contributed by atoms with Crippen LogP contribution < -0.4 is 10.2 Å². The Kier molecular flexibility index (Phi) is 6.34. The van der Waals surface area contributed by atoms with Crippen molar-refractivity contribution in [3.63, 3.8) is 0 Å². The van der Waals surface area contributed by atoms with Gasteiger partial charge in [0, 0.05) is 43.0 Å². The van der Waals surface area contributed by atoms with E-state index in [1.807, 2.05) is 6.07 Å². The van der Waals surface area contributed by atoms with Crippen LogP contribution in [-0.4, -0.2) is 31.8 Å². The van der Waals surface area contributed by atoms with E-state index < -0.39 is 0 Å². The molecule has 1 aliphatic heterocycles. The zero-order chi connectivity index (χ0) is 15.2. The number of rotatable bonds is 7. The van der Waals surface area contributed by atoms with E-state index >= 15 is 0 Å². The van der Waals surface area contributed by atoms with Gasteiger partial charge >= 0.3 is 0 Å². The van der Waals surface area contributed by atoms with E-state index in [0.717, 1.165) is 37.7 Å². The molecule has 0 aliphatic carbocycles. The molecule has 3 nitrogen and oxygen atoms in total. The molecule has 0 bridgehead atoms. The summed E-state index contributed by atoms with van der Waals surface area (Å²) in [6.07, 6.45) is 2.70. The molecule has 118 valence electrons. The van der Waals surface area contributed by atoms with E-state index in [2.05, 4.69) is 43.1 Å². The van der Waals surface area contributed by atoms with Crippen LogP contribution >= 0.6 is 11.6 Å². The van der Waals surface area contributed by atoms with Gasteiger partial charge in [0.15, 0.2) is 0 Å². The van der Waals surface area contributed by atoms with Crippen molar-refractivity contribution in [1.82, 2.24) is 5.32 Å². The first-order valence-electron chi connectivity index (χ1n) is 7.98. The fourth-order valence-corrected chi connectivity index (χ4v) is 2.89. The second-order valence-electron chi connectivity index (χ2n) is 5.98. The molecule has 0 amide bonds. The highest BCUT2D eigenvalue weighted by Crippen LogP contribution is 2.26. The van der Waals surface area contributed by atoms with Crippen LogP contribution in [0.5, 0.6) is 0 Å². The number of nitrogens with one attached hydrogen (secondary N) is 1. The predicted octanol–water partition coefficient (Wildman–Crippen LogP) is 3.84. The van der Waals surface area contributed by atoms with E-state index in [-0.39, 0.29) is 0 Å². The zero-order valence-corrected chi connectivity index (χ0v) is 14.1. The first-order chi connectivity index (χ1) is 10.1. The lowest BCUT2D eigenvalue weighted by Gasteiger charge is -2.28. The summed E-state index contributed by atoms with van der Waals surface area (Å²) < 4.78 is 5.78. The first-order valence-corrected chi connectivity index (χ1v) is 8.36. The summed E-state index contributed by atoms with van der Waals surface area (Å²) in [5.74, 6) is 0. The minimum atomic E-state index is 0.356. The second kappa shape index (κ2) is 8.02. The molecule has 0 saturated carbocycles. The summed E-state index contributed by atoms with van der Waals surface area (Å²) >= 11 is 6.22. The molecule has 21 heavy (non-hydrogen) atoms. The van der Waals surface area contributed by atoms with E-state index in [4.69, 9.17) is 16.3 Å². The lowest BCUT2D eigenvalue weighted by Crippen LogP contribution is -2.33. The van der Waals surface area contributed by atoms with Crippen molar-refractivity contribution in [2.75, 3.05) is 24.6 Å². The van der Waals surface area contributed by atoms with Gasteiger partial charge in [-0.05, 0) is 37.5 Å². The average Bonchev–Trinajstić information content (AvgIpc) is 2.96. The molecule has 1 saturated heterocycles. The van der Waals surface area contributed by atoms with Gasteiger partial charge in [-0.1, -0.05) is 31.5 Å². The van der Waals surface area contributed by atoms with Crippen LogP contribution in [0, 0.1) is 0 Å². The molecule has 0 radical (unpaired) electrons. The molecule has 4 heteroatoms. The number of likely N-dealkylation sites (N-methyl/N-ethyl adjacent to an activating group) is 1. The largest absolute Gasteiger partial charge is 0.376 e. The monoisotopic (exact) mass is 310 g/mol. The Morgan fingerprint density at radius 3 is 2.86 bits per heavy atom. The molecule has 1 aromatic carbocycles. The van der Waals surface area contributed by atoms with Crippen LogP contribution in [0.4, 0.5) is 5.69 Å². The second-order valence-corrected chi connectivity index (χ2v) is 6.42. The molecular formula is C17H27ClN2O. The summed E-state index contributed by atoms with van der Waals surface area (Å²) in [7, 11) is 0. The number of ether oxygens (including phenoxy) is 1. The van der Waals surface area contributed by atoms with Gasteiger partial charge in [0.05, 0.1) is 6.10 Å². The van der Waals surface area contributed by atoms with E-state index in [9.17, 15) is 0 Å². The number of anilines is 1. The highest BCUT2D eigenvalue weighted by Gasteiger charge is 2.20. The smallest absolute Gasteiger partial charge is 0.0750 e. The van der Waals surface area contributed by atoms with Gasteiger partial charge in [-0.25, -0.2) is 0 Å². The fraction of sp³-hybridized carbons (Fsp3) is 0.647. The van der Waals surface area contributed by atoms with Crippen molar-refractivity contribution in [3.05, 3.63) is 28.8 Å². The van der Waals surface area contributed by atoms with Gasteiger partial charge < -0.3 is 15.0 Å². The van der Waals surface area contributed by atoms with Crippen LogP contribution in [0.25, 0.3) is 0 Å². The van der Waals surface area contributed by atoms with Gasteiger partial charge in [0.2, 0.25) is 0 Å². The van der Waals surface area contributed by atoms with Crippen molar-refractivity contribution >= 4 is 17.3 Å². The maximum absolute atomic E-state index is 6.22. The Balaban J connectivity index is 2.14. The van der Waals surface area contributed by atoms with Gasteiger partial charge in [-0.15, -0.1) is 0 Å². The Labute approximate surface area is 133 Å². The van der Waals surface area contributed by atoms with Gasteiger partial charge in [-0.2, -0.15) is 0 Å². The third-order valence-corrected chi connectivity index (χ3v) is 4.15. The SMILES string of the molecule is CCN(CC1CCCO1)c1cc(Cl)ccc1CNC(C)C. The summed E-state index contributed by atoms with van der Waals surface area (Å²) in [4.78, 5) is 2.39. The van der Waals surface area contributed by atoms with E-state index in [0.29, 0.717) is 12.1 Å². The third-order valence-electron chi connectivity index (χ3n) is 3.92. The van der Waals surface area contributed by atoms with E-state index in [1.54, 1.807) is 0 Å². The number of benzene rings is 1. The maximum Gasteiger partial charge on any atom is 0.0750 e. The molecule has 1 aromatic rings. The number of hydrogen-bond acceptors (Lipinski definition) is 3.